The fraction of sp³-hybridized carbons (Fsp3) is 0.381. The quantitative estimate of drug-likeness (QED) is 0.674. The fourth-order valence-electron chi connectivity index (χ4n) is 3.24. The van der Waals surface area contributed by atoms with Crippen molar-refractivity contribution in [3.8, 4) is 0 Å². The van der Waals surface area contributed by atoms with Gasteiger partial charge in [-0.1, -0.05) is 58.4 Å². The summed E-state index contributed by atoms with van der Waals surface area (Å²) in [6.45, 7) is 4.63. The van der Waals surface area contributed by atoms with Gasteiger partial charge in [0.05, 0.1) is 12.6 Å². The predicted molar refractivity (Wildman–Crippen MR) is 105 cm³/mol. The summed E-state index contributed by atoms with van der Waals surface area (Å²) in [6, 6.07) is 18.0. The molecule has 26 heavy (non-hydrogen) atoms. The highest BCUT2D eigenvalue weighted by Gasteiger charge is 2.44. The molecule has 1 aliphatic rings. The van der Waals surface area contributed by atoms with Crippen LogP contribution in [0.15, 0.2) is 59.1 Å². The van der Waals surface area contributed by atoms with Crippen LogP contribution in [-0.4, -0.2) is 29.4 Å². The number of carbonyl (C=O) groups excluding carboxylic acids is 1. The molecule has 1 fully saturated rings. The molecule has 2 aromatic rings. The van der Waals surface area contributed by atoms with Crippen LogP contribution in [0.2, 0.25) is 0 Å². The zero-order valence-electron chi connectivity index (χ0n) is 15.2. The van der Waals surface area contributed by atoms with Crippen molar-refractivity contribution < 1.29 is 14.3 Å². The molecule has 2 aromatic carbocycles. The average Bonchev–Trinajstić information content (AvgIpc) is 2.94. The summed E-state index contributed by atoms with van der Waals surface area (Å²) in [5, 5.41) is 0. The Morgan fingerprint density at radius 3 is 2.54 bits per heavy atom. The van der Waals surface area contributed by atoms with Crippen molar-refractivity contribution in [2.75, 3.05) is 6.61 Å². The topological polar surface area (TPSA) is 38.8 Å². The molecule has 0 spiro atoms. The normalized spacial score (nSPS) is 18.7. The van der Waals surface area contributed by atoms with Crippen LogP contribution in [0.1, 0.15) is 31.4 Å². The Labute approximate surface area is 163 Å². The van der Waals surface area contributed by atoms with Crippen LogP contribution in [0.25, 0.3) is 0 Å². The zero-order chi connectivity index (χ0) is 18.6. The minimum Gasteiger partial charge on any atom is -0.444 e. The number of hydrogen-bond donors (Lipinski definition) is 0. The molecule has 0 saturated carbocycles. The summed E-state index contributed by atoms with van der Waals surface area (Å²) in [6.07, 6.45) is 1.41. The number of rotatable bonds is 5. The predicted octanol–water partition coefficient (Wildman–Crippen LogP) is 5.16. The first-order valence-electron chi connectivity index (χ1n) is 8.84. The van der Waals surface area contributed by atoms with Crippen LogP contribution >= 0.6 is 15.9 Å². The standard InChI is InChI=1S/C21H24BrNO3/c1-21(2)23(20(24)25-14-17-6-4-3-5-7-17)19(15-26-21)13-10-16-8-11-18(22)12-9-16/h3-9,11-12,19H,10,13-15H2,1-2H3/t19-/m1/s1. The molecule has 1 saturated heterocycles. The second-order valence-electron chi connectivity index (χ2n) is 6.99. The Bertz CT molecular complexity index is 731. The highest BCUT2D eigenvalue weighted by Crippen LogP contribution is 2.30. The minimum absolute atomic E-state index is 0.0110. The third-order valence-corrected chi connectivity index (χ3v) is 5.18. The molecular formula is C21H24BrNO3. The number of carbonyl (C=O) groups is 1. The molecule has 1 amide bonds. The van der Waals surface area contributed by atoms with Crippen molar-refractivity contribution in [3.05, 3.63) is 70.2 Å². The first-order valence-corrected chi connectivity index (χ1v) is 9.63. The van der Waals surface area contributed by atoms with Crippen LogP contribution < -0.4 is 0 Å². The maximum absolute atomic E-state index is 12.7. The van der Waals surface area contributed by atoms with Crippen LogP contribution in [-0.2, 0) is 22.5 Å². The van der Waals surface area contributed by atoms with Gasteiger partial charge in [-0.05, 0) is 49.9 Å². The number of benzene rings is 2. The van der Waals surface area contributed by atoms with Crippen molar-refractivity contribution in [2.45, 2.75) is 45.1 Å². The summed E-state index contributed by atoms with van der Waals surface area (Å²) in [4.78, 5) is 14.5. The van der Waals surface area contributed by atoms with E-state index in [9.17, 15) is 4.79 Å². The number of nitrogens with zero attached hydrogens (tertiary/aromatic N) is 1. The molecule has 138 valence electrons. The number of aryl methyl sites for hydroxylation is 1. The summed E-state index contributed by atoms with van der Waals surface area (Å²) in [5.74, 6) is 0. The fourth-order valence-corrected chi connectivity index (χ4v) is 3.50. The average molecular weight is 418 g/mol. The van der Waals surface area contributed by atoms with Gasteiger partial charge in [-0.15, -0.1) is 0 Å². The highest BCUT2D eigenvalue weighted by molar-refractivity contribution is 9.10. The largest absolute Gasteiger partial charge is 0.444 e. The van der Waals surface area contributed by atoms with E-state index in [1.807, 2.05) is 56.3 Å². The minimum atomic E-state index is -0.655. The Morgan fingerprint density at radius 2 is 1.85 bits per heavy atom. The summed E-state index contributed by atoms with van der Waals surface area (Å²) < 4.78 is 12.5. The Morgan fingerprint density at radius 1 is 1.15 bits per heavy atom. The van der Waals surface area contributed by atoms with E-state index >= 15 is 0 Å². The van der Waals surface area contributed by atoms with Gasteiger partial charge in [0, 0.05) is 4.47 Å². The summed E-state index contributed by atoms with van der Waals surface area (Å²) in [7, 11) is 0. The van der Waals surface area contributed by atoms with Crippen molar-refractivity contribution >= 4 is 22.0 Å². The maximum Gasteiger partial charge on any atom is 0.412 e. The van der Waals surface area contributed by atoms with Gasteiger partial charge in [0.25, 0.3) is 0 Å². The van der Waals surface area contributed by atoms with E-state index in [2.05, 4.69) is 28.1 Å². The second-order valence-corrected chi connectivity index (χ2v) is 7.90. The summed E-state index contributed by atoms with van der Waals surface area (Å²) in [5.41, 5.74) is 1.57. The lowest BCUT2D eigenvalue weighted by molar-refractivity contribution is -0.0493. The van der Waals surface area contributed by atoms with Gasteiger partial charge in [-0.25, -0.2) is 4.79 Å². The first kappa shape index (κ1) is 18.9. The molecule has 1 aliphatic heterocycles. The van der Waals surface area contributed by atoms with Crippen molar-refractivity contribution in [1.29, 1.82) is 0 Å². The number of amides is 1. The molecule has 0 bridgehead atoms. The van der Waals surface area contributed by atoms with Gasteiger partial charge in [0.1, 0.15) is 12.3 Å². The lowest BCUT2D eigenvalue weighted by Gasteiger charge is -2.32. The Kier molecular flexibility index (Phi) is 5.99. The lowest BCUT2D eigenvalue weighted by atomic mass is 10.0. The van der Waals surface area contributed by atoms with E-state index in [4.69, 9.17) is 9.47 Å². The molecule has 3 rings (SSSR count). The number of halogens is 1. The van der Waals surface area contributed by atoms with Gasteiger partial charge in [-0.2, -0.15) is 0 Å². The molecule has 1 heterocycles. The van der Waals surface area contributed by atoms with Crippen LogP contribution in [0.5, 0.6) is 0 Å². The smallest absolute Gasteiger partial charge is 0.412 e. The van der Waals surface area contributed by atoms with Gasteiger partial charge in [0.2, 0.25) is 0 Å². The highest BCUT2D eigenvalue weighted by atomic mass is 79.9. The SMILES string of the molecule is CC1(C)OC[C@@H](CCc2ccc(Br)cc2)N1C(=O)OCc1ccccc1. The van der Waals surface area contributed by atoms with Gasteiger partial charge in [0.15, 0.2) is 0 Å². The van der Waals surface area contributed by atoms with Gasteiger partial charge < -0.3 is 9.47 Å². The molecule has 0 aliphatic carbocycles. The van der Waals surface area contributed by atoms with E-state index in [0.717, 1.165) is 22.9 Å². The number of ether oxygens (including phenoxy) is 2. The molecule has 5 heteroatoms. The van der Waals surface area contributed by atoms with Crippen LogP contribution in [0.3, 0.4) is 0 Å². The van der Waals surface area contributed by atoms with E-state index in [0.29, 0.717) is 6.61 Å². The lowest BCUT2D eigenvalue weighted by Crippen LogP contribution is -2.48. The molecule has 0 aromatic heterocycles. The van der Waals surface area contributed by atoms with Gasteiger partial charge >= 0.3 is 6.09 Å². The third-order valence-electron chi connectivity index (χ3n) is 4.66. The Hall–Kier alpha value is -1.85. The Balaban J connectivity index is 1.61. The van der Waals surface area contributed by atoms with E-state index in [-0.39, 0.29) is 18.7 Å². The van der Waals surface area contributed by atoms with E-state index in [1.54, 1.807) is 4.90 Å². The van der Waals surface area contributed by atoms with E-state index in [1.165, 1.54) is 5.56 Å². The van der Waals surface area contributed by atoms with Crippen LogP contribution in [0.4, 0.5) is 4.79 Å². The zero-order valence-corrected chi connectivity index (χ0v) is 16.7. The molecule has 4 nitrogen and oxygen atoms in total. The van der Waals surface area contributed by atoms with Crippen molar-refractivity contribution in [3.63, 3.8) is 0 Å². The molecule has 1 atom stereocenters. The van der Waals surface area contributed by atoms with Gasteiger partial charge in [-0.3, -0.25) is 4.90 Å². The molecular weight excluding hydrogens is 394 g/mol. The summed E-state index contributed by atoms with van der Waals surface area (Å²) >= 11 is 3.45. The molecule has 0 N–H and O–H groups in total. The molecule has 0 unspecified atom stereocenters. The monoisotopic (exact) mass is 417 g/mol. The first-order chi connectivity index (χ1) is 12.5. The van der Waals surface area contributed by atoms with Crippen molar-refractivity contribution in [2.24, 2.45) is 0 Å². The van der Waals surface area contributed by atoms with Crippen molar-refractivity contribution in [1.82, 2.24) is 4.90 Å². The second kappa shape index (κ2) is 8.23. The third kappa shape index (κ3) is 4.65. The van der Waals surface area contributed by atoms with Crippen LogP contribution in [0, 0.1) is 0 Å². The van der Waals surface area contributed by atoms with E-state index < -0.39 is 5.72 Å². The number of hydrogen-bond acceptors (Lipinski definition) is 3. The maximum atomic E-state index is 12.7. The molecule has 0 radical (unpaired) electrons.